The molecule has 1 amide bonds. The van der Waals surface area contributed by atoms with E-state index in [-0.39, 0.29) is 11.7 Å². The van der Waals surface area contributed by atoms with Crippen molar-refractivity contribution in [3.8, 4) is 5.75 Å². The lowest BCUT2D eigenvalue weighted by Crippen LogP contribution is -2.31. The third kappa shape index (κ3) is 3.12. The first-order chi connectivity index (χ1) is 9.11. The molecule has 0 radical (unpaired) electrons. The first kappa shape index (κ1) is 13.5. The highest BCUT2D eigenvalue weighted by Gasteiger charge is 2.29. The van der Waals surface area contributed by atoms with Crippen molar-refractivity contribution in [3.05, 3.63) is 35.5 Å². The molecule has 1 saturated heterocycles. The Kier molecular flexibility index (Phi) is 4.16. The Morgan fingerprint density at radius 3 is 2.95 bits per heavy atom. The Morgan fingerprint density at radius 1 is 1.47 bits per heavy atom. The van der Waals surface area contributed by atoms with Crippen molar-refractivity contribution in [1.82, 2.24) is 10.2 Å². The minimum Gasteiger partial charge on any atom is -0.508 e. The third-order valence-corrected chi connectivity index (χ3v) is 3.20. The van der Waals surface area contributed by atoms with Gasteiger partial charge in [0.25, 0.3) is 5.91 Å². The molecule has 4 nitrogen and oxygen atoms in total. The number of unbranched alkanes of at least 4 members (excludes halogenated alkanes) is 1. The summed E-state index contributed by atoms with van der Waals surface area (Å²) < 4.78 is 0. The number of phenolic OH excluding ortho intramolecular Hbond substituents is 1. The number of nitrogens with one attached hydrogen (secondary N) is 1. The van der Waals surface area contributed by atoms with Gasteiger partial charge in [-0.3, -0.25) is 9.69 Å². The zero-order valence-electron chi connectivity index (χ0n) is 10.7. The van der Waals surface area contributed by atoms with Crippen LogP contribution in [0.15, 0.2) is 30.0 Å². The number of carbonyl (C=O) groups is 1. The smallest absolute Gasteiger partial charge is 0.276 e. The summed E-state index contributed by atoms with van der Waals surface area (Å²) in [6.45, 7) is 2.71. The molecule has 1 aromatic rings. The SMILES string of the molecule is CCCCN1C(=O)C(=Cc2cccc(O)c2)NC1=S. The second kappa shape index (κ2) is 5.84. The van der Waals surface area contributed by atoms with Gasteiger partial charge in [-0.15, -0.1) is 0 Å². The predicted octanol–water partition coefficient (Wildman–Crippen LogP) is 2.25. The fraction of sp³-hybridized carbons (Fsp3) is 0.286. The van der Waals surface area contributed by atoms with Crippen LogP contribution in [0.1, 0.15) is 25.3 Å². The number of phenols is 1. The Balaban J connectivity index is 2.18. The molecule has 1 heterocycles. The van der Waals surface area contributed by atoms with Gasteiger partial charge in [-0.05, 0) is 42.4 Å². The van der Waals surface area contributed by atoms with Crippen LogP contribution in [0, 0.1) is 0 Å². The molecule has 1 fully saturated rings. The maximum Gasteiger partial charge on any atom is 0.276 e. The number of benzene rings is 1. The van der Waals surface area contributed by atoms with E-state index >= 15 is 0 Å². The standard InChI is InChI=1S/C14H16N2O2S/c1-2-3-7-16-13(18)12(15-14(16)19)9-10-5-4-6-11(17)8-10/h4-6,8-9,17H,2-3,7H2,1H3,(H,15,19). The maximum absolute atomic E-state index is 12.2. The van der Waals surface area contributed by atoms with Gasteiger partial charge in [-0.2, -0.15) is 0 Å². The molecule has 0 spiro atoms. The highest BCUT2D eigenvalue weighted by molar-refractivity contribution is 7.80. The number of carbonyl (C=O) groups excluding carboxylic acids is 1. The van der Waals surface area contributed by atoms with Gasteiger partial charge >= 0.3 is 0 Å². The number of aromatic hydroxyl groups is 1. The van der Waals surface area contributed by atoms with Gasteiger partial charge in [0.1, 0.15) is 11.4 Å². The molecule has 5 heteroatoms. The Morgan fingerprint density at radius 2 is 2.26 bits per heavy atom. The molecule has 1 aliphatic heterocycles. The van der Waals surface area contributed by atoms with Crippen molar-refractivity contribution in [1.29, 1.82) is 0 Å². The minimum atomic E-state index is -0.109. The van der Waals surface area contributed by atoms with E-state index in [1.54, 1.807) is 29.2 Å². The average Bonchev–Trinajstić information content (AvgIpc) is 2.62. The van der Waals surface area contributed by atoms with Crippen LogP contribution in [0.4, 0.5) is 0 Å². The predicted molar refractivity (Wildman–Crippen MR) is 78.4 cm³/mol. The van der Waals surface area contributed by atoms with Crippen molar-refractivity contribution in [2.75, 3.05) is 6.54 Å². The van der Waals surface area contributed by atoms with Gasteiger partial charge in [0.05, 0.1) is 0 Å². The number of hydrogen-bond acceptors (Lipinski definition) is 3. The molecule has 0 saturated carbocycles. The maximum atomic E-state index is 12.2. The van der Waals surface area contributed by atoms with Gasteiger partial charge in [0.2, 0.25) is 0 Å². The molecular formula is C14H16N2O2S. The van der Waals surface area contributed by atoms with Crippen LogP contribution < -0.4 is 5.32 Å². The summed E-state index contributed by atoms with van der Waals surface area (Å²) in [5.74, 6) is 0.0620. The number of thiocarbonyl (C=S) groups is 1. The van der Waals surface area contributed by atoms with Gasteiger partial charge < -0.3 is 10.4 Å². The van der Waals surface area contributed by atoms with Crippen LogP contribution in [-0.2, 0) is 4.79 Å². The fourth-order valence-corrected chi connectivity index (χ4v) is 2.16. The van der Waals surface area contributed by atoms with Crippen molar-refractivity contribution >= 4 is 29.3 Å². The molecule has 0 bridgehead atoms. The van der Waals surface area contributed by atoms with Gasteiger partial charge in [-0.25, -0.2) is 0 Å². The minimum absolute atomic E-state index is 0.109. The molecule has 1 aliphatic rings. The Bertz CT molecular complexity index is 540. The summed E-state index contributed by atoms with van der Waals surface area (Å²) in [5, 5.41) is 12.8. The zero-order valence-corrected chi connectivity index (χ0v) is 11.5. The van der Waals surface area contributed by atoms with E-state index in [1.807, 2.05) is 6.07 Å². The van der Waals surface area contributed by atoms with Gasteiger partial charge in [0, 0.05) is 6.54 Å². The molecule has 19 heavy (non-hydrogen) atoms. The average molecular weight is 276 g/mol. The molecule has 1 aromatic carbocycles. The van der Waals surface area contributed by atoms with E-state index in [1.165, 1.54) is 0 Å². The largest absolute Gasteiger partial charge is 0.508 e. The van der Waals surface area contributed by atoms with E-state index in [9.17, 15) is 9.90 Å². The van der Waals surface area contributed by atoms with Crippen molar-refractivity contribution in [2.45, 2.75) is 19.8 Å². The van der Waals surface area contributed by atoms with E-state index in [2.05, 4.69) is 12.2 Å². The van der Waals surface area contributed by atoms with Crippen LogP contribution in [-0.4, -0.2) is 27.6 Å². The van der Waals surface area contributed by atoms with Crippen LogP contribution in [0.2, 0.25) is 0 Å². The molecule has 0 aromatic heterocycles. The lowest BCUT2D eigenvalue weighted by Gasteiger charge is -2.12. The molecule has 100 valence electrons. The number of amides is 1. The van der Waals surface area contributed by atoms with Crippen molar-refractivity contribution < 1.29 is 9.90 Å². The highest BCUT2D eigenvalue weighted by Crippen LogP contribution is 2.17. The van der Waals surface area contributed by atoms with E-state index in [0.29, 0.717) is 17.4 Å². The first-order valence-corrected chi connectivity index (χ1v) is 6.66. The number of hydrogen-bond donors (Lipinski definition) is 2. The summed E-state index contributed by atoms with van der Waals surface area (Å²) in [4.78, 5) is 13.7. The molecule has 0 aliphatic carbocycles. The van der Waals surface area contributed by atoms with Crippen LogP contribution in [0.3, 0.4) is 0 Å². The monoisotopic (exact) mass is 276 g/mol. The first-order valence-electron chi connectivity index (χ1n) is 6.25. The molecule has 0 unspecified atom stereocenters. The summed E-state index contributed by atoms with van der Waals surface area (Å²) in [6, 6.07) is 6.73. The zero-order chi connectivity index (χ0) is 13.8. The van der Waals surface area contributed by atoms with E-state index in [0.717, 1.165) is 18.4 Å². The Hall–Kier alpha value is -1.88. The topological polar surface area (TPSA) is 52.6 Å². The number of rotatable bonds is 4. The summed E-state index contributed by atoms with van der Waals surface area (Å²) in [6.07, 6.45) is 3.63. The molecule has 0 atom stereocenters. The third-order valence-electron chi connectivity index (χ3n) is 2.88. The molecule has 2 N–H and O–H groups in total. The molecule has 2 rings (SSSR count). The summed E-state index contributed by atoms with van der Waals surface area (Å²) >= 11 is 5.15. The molecular weight excluding hydrogens is 260 g/mol. The van der Waals surface area contributed by atoms with E-state index < -0.39 is 0 Å². The second-order valence-electron chi connectivity index (χ2n) is 4.39. The van der Waals surface area contributed by atoms with Gasteiger partial charge in [0.15, 0.2) is 5.11 Å². The normalized spacial score (nSPS) is 17.1. The second-order valence-corrected chi connectivity index (χ2v) is 4.78. The lowest BCUT2D eigenvalue weighted by molar-refractivity contribution is -0.122. The van der Waals surface area contributed by atoms with Gasteiger partial charge in [-0.1, -0.05) is 25.5 Å². The highest BCUT2D eigenvalue weighted by atomic mass is 32.1. The quantitative estimate of drug-likeness (QED) is 0.654. The Labute approximate surface area is 117 Å². The fourth-order valence-electron chi connectivity index (χ4n) is 1.87. The number of nitrogens with zero attached hydrogens (tertiary/aromatic N) is 1. The lowest BCUT2D eigenvalue weighted by atomic mass is 10.2. The van der Waals surface area contributed by atoms with Crippen LogP contribution in [0.25, 0.3) is 6.08 Å². The van der Waals surface area contributed by atoms with E-state index in [4.69, 9.17) is 12.2 Å². The summed E-state index contributed by atoms with van der Waals surface area (Å²) in [7, 11) is 0. The summed E-state index contributed by atoms with van der Waals surface area (Å²) in [5.41, 5.74) is 1.21. The van der Waals surface area contributed by atoms with Crippen molar-refractivity contribution in [2.24, 2.45) is 0 Å². The van der Waals surface area contributed by atoms with Crippen LogP contribution >= 0.6 is 12.2 Å². The van der Waals surface area contributed by atoms with Crippen molar-refractivity contribution in [3.63, 3.8) is 0 Å². The van der Waals surface area contributed by atoms with Crippen LogP contribution in [0.5, 0.6) is 5.75 Å².